The second-order valence-electron chi connectivity index (χ2n) is 7.13. The van der Waals surface area contributed by atoms with Crippen LogP contribution >= 0.6 is 0 Å². The van der Waals surface area contributed by atoms with Crippen molar-refractivity contribution in [3.05, 3.63) is 41.1 Å². The number of benzene rings is 1. The second-order valence-corrected chi connectivity index (χ2v) is 7.13. The average Bonchev–Trinajstić information content (AvgIpc) is 2.74. The van der Waals surface area contributed by atoms with Gasteiger partial charge in [0.05, 0.1) is 25.8 Å². The molecule has 0 aliphatic carbocycles. The molecular weight excluding hydrogens is 374 g/mol. The lowest BCUT2D eigenvalue weighted by Crippen LogP contribution is -2.48. The Morgan fingerprint density at radius 2 is 1.86 bits per heavy atom. The second kappa shape index (κ2) is 9.56. The Bertz CT molecular complexity index is 795. The number of carbonyl (C=O) groups excluding carboxylic acids is 3. The monoisotopic (exact) mass is 401 g/mol. The number of nitrogens with one attached hydrogen (secondary N) is 2. The van der Waals surface area contributed by atoms with Gasteiger partial charge in [-0.2, -0.15) is 0 Å². The number of rotatable bonds is 7. The molecule has 0 radical (unpaired) electrons. The summed E-state index contributed by atoms with van der Waals surface area (Å²) in [5.74, 6) is 0.431. The first kappa shape index (κ1) is 20.9. The molecule has 8 nitrogen and oxygen atoms in total. The molecule has 1 aromatic rings. The number of carbonyl (C=O) groups is 3. The maximum absolute atomic E-state index is 12.8. The molecule has 0 aromatic heterocycles. The van der Waals surface area contributed by atoms with E-state index in [1.165, 1.54) is 0 Å². The van der Waals surface area contributed by atoms with Gasteiger partial charge in [0, 0.05) is 23.7 Å². The van der Waals surface area contributed by atoms with Crippen LogP contribution in [0, 0.1) is 5.92 Å². The van der Waals surface area contributed by atoms with Crippen LogP contribution in [0.2, 0.25) is 0 Å². The lowest BCUT2D eigenvalue weighted by molar-refractivity contribution is -0.138. The van der Waals surface area contributed by atoms with Crippen molar-refractivity contribution >= 4 is 17.8 Å². The first-order valence-electron chi connectivity index (χ1n) is 9.86. The van der Waals surface area contributed by atoms with Gasteiger partial charge in [0.1, 0.15) is 5.75 Å². The Labute approximate surface area is 170 Å². The number of urea groups is 1. The molecule has 1 fully saturated rings. The van der Waals surface area contributed by atoms with Crippen LogP contribution in [-0.4, -0.2) is 62.6 Å². The zero-order valence-corrected chi connectivity index (χ0v) is 16.8. The zero-order valence-electron chi connectivity index (χ0n) is 16.8. The summed E-state index contributed by atoms with van der Waals surface area (Å²) in [7, 11) is 1.60. The van der Waals surface area contributed by atoms with E-state index < -0.39 is 5.97 Å². The minimum Gasteiger partial charge on any atom is -0.497 e. The van der Waals surface area contributed by atoms with Crippen molar-refractivity contribution in [3.63, 3.8) is 0 Å². The fourth-order valence-corrected chi connectivity index (χ4v) is 3.65. The van der Waals surface area contributed by atoms with Gasteiger partial charge in [0.2, 0.25) is 0 Å². The summed E-state index contributed by atoms with van der Waals surface area (Å²) < 4.78 is 10.2. The van der Waals surface area contributed by atoms with Crippen LogP contribution in [-0.2, 0) is 9.53 Å². The van der Waals surface area contributed by atoms with Crippen LogP contribution < -0.4 is 15.4 Å². The van der Waals surface area contributed by atoms with E-state index in [1.807, 2.05) is 0 Å². The van der Waals surface area contributed by atoms with Crippen LogP contribution in [0.4, 0.5) is 4.79 Å². The van der Waals surface area contributed by atoms with Crippen LogP contribution in [0.25, 0.3) is 0 Å². The van der Waals surface area contributed by atoms with Crippen molar-refractivity contribution in [2.75, 3.05) is 39.9 Å². The number of hydrogen-bond donors (Lipinski definition) is 2. The minimum absolute atomic E-state index is 0.0271. The summed E-state index contributed by atoms with van der Waals surface area (Å²) in [6, 6.07) is 6.87. The van der Waals surface area contributed by atoms with Crippen molar-refractivity contribution in [2.24, 2.45) is 5.92 Å². The molecule has 156 valence electrons. The topological polar surface area (TPSA) is 97.0 Å². The van der Waals surface area contributed by atoms with E-state index in [1.54, 1.807) is 38.3 Å². The summed E-state index contributed by atoms with van der Waals surface area (Å²) in [5.41, 5.74) is 1.72. The number of ketones is 1. The molecule has 3 rings (SSSR count). The molecule has 2 aliphatic rings. The molecule has 0 unspecified atom stereocenters. The molecular formula is C21H27N3O5. The highest BCUT2D eigenvalue weighted by atomic mass is 16.5. The molecule has 29 heavy (non-hydrogen) atoms. The highest BCUT2D eigenvalue weighted by molar-refractivity contribution is 5.98. The smallest absolute Gasteiger partial charge is 0.337 e. The molecule has 0 spiro atoms. The van der Waals surface area contributed by atoms with E-state index in [9.17, 15) is 14.4 Å². The van der Waals surface area contributed by atoms with Crippen molar-refractivity contribution in [1.29, 1.82) is 0 Å². The number of methoxy groups -OCH3 is 1. The van der Waals surface area contributed by atoms with Crippen molar-refractivity contribution in [2.45, 2.75) is 19.8 Å². The molecule has 8 heteroatoms. The van der Waals surface area contributed by atoms with E-state index in [0.29, 0.717) is 23.4 Å². The molecule has 1 saturated heterocycles. The molecule has 0 saturated carbocycles. The number of hydrogen-bond acceptors (Lipinski definition) is 6. The van der Waals surface area contributed by atoms with Gasteiger partial charge in [-0.1, -0.05) is 0 Å². The van der Waals surface area contributed by atoms with Crippen molar-refractivity contribution < 1.29 is 23.9 Å². The summed E-state index contributed by atoms with van der Waals surface area (Å²) in [6.07, 6.45) is 1.47. The SMILES string of the molecule is CCOC(=O)C1=C(CN2CCC(C(=O)c3ccc(OC)cc3)CC2)NC(=O)NC1. The fraction of sp³-hybridized carbons (Fsp3) is 0.476. The van der Waals surface area contributed by atoms with Crippen LogP contribution in [0.15, 0.2) is 35.5 Å². The lowest BCUT2D eigenvalue weighted by Gasteiger charge is -2.33. The molecule has 2 amide bonds. The van der Waals surface area contributed by atoms with Gasteiger partial charge in [-0.3, -0.25) is 9.69 Å². The molecule has 0 atom stereocenters. The Kier molecular flexibility index (Phi) is 6.87. The zero-order chi connectivity index (χ0) is 20.8. The lowest BCUT2D eigenvalue weighted by atomic mass is 9.88. The van der Waals surface area contributed by atoms with Crippen molar-refractivity contribution in [3.8, 4) is 5.75 Å². The Balaban J connectivity index is 1.60. The maximum Gasteiger partial charge on any atom is 0.337 e. The predicted molar refractivity (Wildman–Crippen MR) is 107 cm³/mol. The van der Waals surface area contributed by atoms with E-state index in [-0.39, 0.29) is 30.9 Å². The number of piperidine rings is 1. The molecule has 2 heterocycles. The average molecular weight is 401 g/mol. The van der Waals surface area contributed by atoms with Crippen LogP contribution in [0.1, 0.15) is 30.1 Å². The normalized spacial score (nSPS) is 18.1. The third-order valence-electron chi connectivity index (χ3n) is 5.29. The first-order chi connectivity index (χ1) is 14.0. The van der Waals surface area contributed by atoms with Gasteiger partial charge in [-0.15, -0.1) is 0 Å². The van der Waals surface area contributed by atoms with Gasteiger partial charge in [0.25, 0.3) is 0 Å². The number of ether oxygens (including phenoxy) is 2. The van der Waals surface area contributed by atoms with E-state index in [4.69, 9.17) is 9.47 Å². The van der Waals surface area contributed by atoms with Gasteiger partial charge < -0.3 is 20.1 Å². The van der Waals surface area contributed by atoms with Gasteiger partial charge in [0.15, 0.2) is 5.78 Å². The van der Waals surface area contributed by atoms with E-state index >= 15 is 0 Å². The summed E-state index contributed by atoms with van der Waals surface area (Å²) in [6.45, 7) is 4.07. The highest BCUT2D eigenvalue weighted by Gasteiger charge is 2.29. The molecule has 2 N–H and O–H groups in total. The quantitative estimate of drug-likeness (QED) is 0.533. The highest BCUT2D eigenvalue weighted by Crippen LogP contribution is 2.24. The number of nitrogens with zero attached hydrogens (tertiary/aromatic N) is 1. The molecule has 2 aliphatic heterocycles. The fourth-order valence-electron chi connectivity index (χ4n) is 3.65. The third kappa shape index (κ3) is 5.14. The first-order valence-corrected chi connectivity index (χ1v) is 9.86. The number of amides is 2. The summed E-state index contributed by atoms with van der Waals surface area (Å²) in [4.78, 5) is 38.8. The molecule has 1 aromatic carbocycles. The van der Waals surface area contributed by atoms with Crippen LogP contribution in [0.3, 0.4) is 0 Å². The molecule has 0 bridgehead atoms. The largest absolute Gasteiger partial charge is 0.497 e. The summed E-state index contributed by atoms with van der Waals surface area (Å²) >= 11 is 0. The van der Waals surface area contributed by atoms with E-state index in [2.05, 4.69) is 15.5 Å². The predicted octanol–water partition coefficient (Wildman–Crippen LogP) is 1.72. The van der Waals surface area contributed by atoms with E-state index in [0.717, 1.165) is 31.7 Å². The summed E-state index contributed by atoms with van der Waals surface area (Å²) in [5, 5.41) is 5.34. The number of likely N-dealkylation sites (tertiary alicyclic amines) is 1. The maximum atomic E-state index is 12.8. The van der Waals surface area contributed by atoms with Gasteiger partial charge in [-0.25, -0.2) is 9.59 Å². The van der Waals surface area contributed by atoms with Gasteiger partial charge >= 0.3 is 12.0 Å². The minimum atomic E-state index is -0.417. The third-order valence-corrected chi connectivity index (χ3v) is 5.29. The van der Waals surface area contributed by atoms with Crippen molar-refractivity contribution in [1.82, 2.24) is 15.5 Å². The Morgan fingerprint density at radius 3 is 2.48 bits per heavy atom. The number of esters is 1. The number of Topliss-reactive ketones (excluding diaryl/α,β-unsaturated/α-hetero) is 1. The van der Waals surface area contributed by atoms with Crippen LogP contribution in [0.5, 0.6) is 5.75 Å². The standard InChI is InChI=1S/C21H27N3O5/c1-3-29-20(26)17-12-22-21(27)23-18(17)13-24-10-8-15(9-11-24)19(25)14-4-6-16(28-2)7-5-14/h4-7,15H,3,8-13H2,1-2H3,(H2,22,23,27). The van der Waals surface area contributed by atoms with Gasteiger partial charge in [-0.05, 0) is 57.1 Å². The Hall–Kier alpha value is -2.87. The Morgan fingerprint density at radius 1 is 1.17 bits per heavy atom.